The van der Waals surface area contributed by atoms with Gasteiger partial charge in [-0.05, 0) is 38.8 Å². The molecule has 1 unspecified atom stereocenters. The zero-order chi connectivity index (χ0) is 13.1. The van der Waals surface area contributed by atoms with Gasteiger partial charge >= 0.3 is 0 Å². The van der Waals surface area contributed by atoms with Crippen LogP contribution in [0.5, 0.6) is 0 Å². The van der Waals surface area contributed by atoms with Crippen LogP contribution in [0.1, 0.15) is 37.8 Å². The number of amides is 1. The smallest absolute Gasteiger partial charge is 0.244 e. The third-order valence-electron chi connectivity index (χ3n) is 2.92. The van der Waals surface area contributed by atoms with Gasteiger partial charge < -0.3 is 11.1 Å². The van der Waals surface area contributed by atoms with E-state index >= 15 is 0 Å². The van der Waals surface area contributed by atoms with Crippen LogP contribution in [0.15, 0.2) is 18.2 Å². The van der Waals surface area contributed by atoms with Crippen molar-refractivity contribution < 1.29 is 4.79 Å². The van der Waals surface area contributed by atoms with Crippen LogP contribution >= 0.6 is 12.4 Å². The zero-order valence-corrected chi connectivity index (χ0v) is 12.4. The second-order valence-electron chi connectivity index (χ2n) is 4.94. The van der Waals surface area contributed by atoms with Gasteiger partial charge in [0.05, 0.1) is 5.54 Å². The second kappa shape index (κ2) is 6.76. The molecular weight excluding hydrogens is 248 g/mol. The first kappa shape index (κ1) is 16.9. The molecule has 0 aliphatic rings. The molecule has 0 saturated carbocycles. The molecule has 0 fully saturated rings. The van der Waals surface area contributed by atoms with Crippen LogP contribution in [0.25, 0.3) is 0 Å². The van der Waals surface area contributed by atoms with E-state index in [-0.39, 0.29) is 18.3 Å². The fourth-order valence-electron chi connectivity index (χ4n) is 1.85. The highest BCUT2D eigenvalue weighted by Gasteiger charge is 2.27. The second-order valence-corrected chi connectivity index (χ2v) is 4.94. The van der Waals surface area contributed by atoms with Gasteiger partial charge in [0.25, 0.3) is 0 Å². The summed E-state index contributed by atoms with van der Waals surface area (Å²) in [5.41, 5.74) is 8.27. The molecule has 0 aliphatic carbocycles. The first-order valence-electron chi connectivity index (χ1n) is 6.04. The fourth-order valence-corrected chi connectivity index (χ4v) is 1.85. The highest BCUT2D eigenvalue weighted by Crippen LogP contribution is 2.18. The fraction of sp³-hybridized carbons (Fsp3) is 0.500. The molecule has 18 heavy (non-hydrogen) atoms. The van der Waals surface area contributed by atoms with E-state index in [1.807, 2.05) is 39.0 Å². The van der Waals surface area contributed by atoms with Crippen LogP contribution in [0, 0.1) is 13.8 Å². The quantitative estimate of drug-likeness (QED) is 0.883. The average Bonchev–Trinajstić information content (AvgIpc) is 2.22. The Morgan fingerprint density at radius 2 is 2.00 bits per heavy atom. The molecule has 0 aliphatic heterocycles. The van der Waals surface area contributed by atoms with Gasteiger partial charge in [-0.1, -0.05) is 31.0 Å². The molecule has 1 amide bonds. The predicted molar refractivity (Wildman–Crippen MR) is 79.3 cm³/mol. The molecule has 102 valence electrons. The van der Waals surface area contributed by atoms with E-state index in [0.29, 0.717) is 6.42 Å². The number of carbonyl (C=O) groups excluding carboxylic acids is 1. The largest absolute Gasteiger partial charge is 0.324 e. The van der Waals surface area contributed by atoms with Gasteiger partial charge in [-0.2, -0.15) is 0 Å². The Morgan fingerprint density at radius 1 is 1.39 bits per heavy atom. The van der Waals surface area contributed by atoms with E-state index < -0.39 is 5.54 Å². The van der Waals surface area contributed by atoms with E-state index in [1.165, 1.54) is 5.56 Å². The summed E-state index contributed by atoms with van der Waals surface area (Å²) in [4.78, 5) is 12.0. The minimum atomic E-state index is -0.800. The third kappa shape index (κ3) is 4.31. The average molecular weight is 271 g/mol. The molecule has 3 nitrogen and oxygen atoms in total. The summed E-state index contributed by atoms with van der Waals surface area (Å²) in [6.45, 7) is 7.81. The zero-order valence-electron chi connectivity index (χ0n) is 11.5. The lowest BCUT2D eigenvalue weighted by atomic mass is 9.96. The standard InChI is InChI=1S/C14H22N2O.ClH/c1-5-8-14(4,15)13(17)16-12-7-6-10(2)9-11(12)3;/h6-7,9H,5,8,15H2,1-4H3,(H,16,17);1H. The molecule has 1 rings (SSSR count). The van der Waals surface area contributed by atoms with Gasteiger partial charge in [0.2, 0.25) is 5.91 Å². The number of nitrogens with one attached hydrogen (secondary N) is 1. The molecule has 0 heterocycles. The molecule has 0 spiro atoms. The lowest BCUT2D eigenvalue weighted by molar-refractivity contribution is -0.120. The van der Waals surface area contributed by atoms with E-state index in [1.54, 1.807) is 6.92 Å². The van der Waals surface area contributed by atoms with Crippen molar-refractivity contribution in [3.63, 3.8) is 0 Å². The van der Waals surface area contributed by atoms with Crippen LogP contribution in [0.2, 0.25) is 0 Å². The van der Waals surface area contributed by atoms with Crippen molar-refractivity contribution in [1.29, 1.82) is 0 Å². The van der Waals surface area contributed by atoms with E-state index in [0.717, 1.165) is 17.7 Å². The number of hydrogen-bond donors (Lipinski definition) is 2. The lowest BCUT2D eigenvalue weighted by Crippen LogP contribution is -2.48. The lowest BCUT2D eigenvalue weighted by Gasteiger charge is -2.23. The highest BCUT2D eigenvalue weighted by atomic mass is 35.5. The number of anilines is 1. The van der Waals surface area contributed by atoms with Gasteiger partial charge in [-0.25, -0.2) is 0 Å². The monoisotopic (exact) mass is 270 g/mol. The van der Waals surface area contributed by atoms with E-state index in [2.05, 4.69) is 5.32 Å². The van der Waals surface area contributed by atoms with Crippen molar-refractivity contribution >= 4 is 24.0 Å². The predicted octanol–water partition coefficient (Wildman–Crippen LogP) is 3.18. The topological polar surface area (TPSA) is 55.1 Å². The van der Waals surface area contributed by atoms with Gasteiger partial charge in [0.1, 0.15) is 0 Å². The Bertz CT molecular complexity index is 416. The van der Waals surface area contributed by atoms with Crippen LogP contribution in [-0.4, -0.2) is 11.4 Å². The summed E-state index contributed by atoms with van der Waals surface area (Å²) >= 11 is 0. The molecule has 3 N–H and O–H groups in total. The van der Waals surface area contributed by atoms with Crippen molar-refractivity contribution in [2.75, 3.05) is 5.32 Å². The van der Waals surface area contributed by atoms with Crippen molar-refractivity contribution in [1.82, 2.24) is 0 Å². The number of carbonyl (C=O) groups is 1. The Morgan fingerprint density at radius 3 is 2.50 bits per heavy atom. The number of nitrogens with two attached hydrogens (primary N) is 1. The molecule has 0 aromatic heterocycles. The maximum absolute atomic E-state index is 12.0. The summed E-state index contributed by atoms with van der Waals surface area (Å²) < 4.78 is 0. The summed E-state index contributed by atoms with van der Waals surface area (Å²) in [7, 11) is 0. The molecule has 1 atom stereocenters. The third-order valence-corrected chi connectivity index (χ3v) is 2.92. The molecular formula is C14H23ClN2O. The summed E-state index contributed by atoms with van der Waals surface area (Å²) in [6.07, 6.45) is 1.58. The Labute approximate surface area is 116 Å². The van der Waals surface area contributed by atoms with Gasteiger partial charge in [-0.15, -0.1) is 12.4 Å². The van der Waals surface area contributed by atoms with Crippen LogP contribution in [0.4, 0.5) is 5.69 Å². The molecule has 1 aromatic carbocycles. The summed E-state index contributed by atoms with van der Waals surface area (Å²) in [6, 6.07) is 5.95. The van der Waals surface area contributed by atoms with Crippen molar-refractivity contribution in [3.05, 3.63) is 29.3 Å². The highest BCUT2D eigenvalue weighted by molar-refractivity contribution is 5.98. The van der Waals surface area contributed by atoms with Crippen LogP contribution < -0.4 is 11.1 Å². The number of aryl methyl sites for hydroxylation is 2. The molecule has 0 radical (unpaired) electrons. The van der Waals surface area contributed by atoms with Gasteiger partial charge in [-0.3, -0.25) is 4.79 Å². The van der Waals surface area contributed by atoms with Crippen LogP contribution in [-0.2, 0) is 4.79 Å². The molecule has 0 bridgehead atoms. The minimum absolute atomic E-state index is 0. The Kier molecular flexibility index (Phi) is 6.36. The molecule has 1 aromatic rings. The number of rotatable bonds is 4. The normalized spacial score (nSPS) is 13.4. The summed E-state index contributed by atoms with van der Waals surface area (Å²) in [5, 5.41) is 2.90. The van der Waals surface area contributed by atoms with E-state index in [9.17, 15) is 4.79 Å². The Balaban J connectivity index is 0.00000289. The van der Waals surface area contributed by atoms with Crippen molar-refractivity contribution in [2.24, 2.45) is 5.73 Å². The molecule has 0 saturated heterocycles. The van der Waals surface area contributed by atoms with Crippen LogP contribution in [0.3, 0.4) is 0 Å². The summed E-state index contributed by atoms with van der Waals surface area (Å²) in [5.74, 6) is -0.119. The maximum atomic E-state index is 12.0. The first-order valence-corrected chi connectivity index (χ1v) is 6.04. The number of hydrogen-bond acceptors (Lipinski definition) is 2. The first-order chi connectivity index (χ1) is 7.86. The SMILES string of the molecule is CCCC(C)(N)C(=O)Nc1ccc(C)cc1C.Cl. The number of halogens is 1. The number of benzene rings is 1. The maximum Gasteiger partial charge on any atom is 0.244 e. The van der Waals surface area contributed by atoms with Crippen molar-refractivity contribution in [2.45, 2.75) is 46.1 Å². The van der Waals surface area contributed by atoms with Gasteiger partial charge in [0.15, 0.2) is 0 Å². The Hall–Kier alpha value is -1.06. The van der Waals surface area contributed by atoms with Gasteiger partial charge in [0, 0.05) is 5.69 Å². The molecule has 4 heteroatoms. The van der Waals surface area contributed by atoms with Crippen molar-refractivity contribution in [3.8, 4) is 0 Å². The van der Waals surface area contributed by atoms with E-state index in [4.69, 9.17) is 5.73 Å². The minimum Gasteiger partial charge on any atom is -0.324 e.